The Morgan fingerprint density at radius 1 is 1.19 bits per heavy atom. The molecule has 2 aliphatic rings. The third-order valence-electron chi connectivity index (χ3n) is 4.42. The smallest absolute Gasteiger partial charge is 0.128 e. The second-order valence-electron chi connectivity index (χ2n) is 5.80. The molecule has 2 aliphatic heterocycles. The highest BCUT2D eigenvalue weighted by molar-refractivity contribution is 5.89. The van der Waals surface area contributed by atoms with Gasteiger partial charge < -0.3 is 4.42 Å². The normalized spacial score (nSPS) is 25.2. The molecule has 0 radical (unpaired) electrons. The molecule has 1 aromatic heterocycles. The van der Waals surface area contributed by atoms with Gasteiger partial charge >= 0.3 is 0 Å². The Bertz CT molecular complexity index is 621. The minimum absolute atomic E-state index is 0.188. The third kappa shape index (κ3) is 2.47. The van der Waals surface area contributed by atoms with Crippen LogP contribution in [0.1, 0.15) is 23.8 Å². The van der Waals surface area contributed by atoms with Crippen LogP contribution in [0.5, 0.6) is 0 Å². The zero-order valence-electron chi connectivity index (χ0n) is 11.9. The second kappa shape index (κ2) is 5.37. The molecular formula is C17H19N3O. The zero-order chi connectivity index (χ0) is 14.1. The van der Waals surface area contributed by atoms with Gasteiger partial charge in [0.25, 0.3) is 0 Å². The van der Waals surface area contributed by atoms with Gasteiger partial charge in [0.2, 0.25) is 0 Å². The first-order valence-corrected chi connectivity index (χ1v) is 7.52. The summed E-state index contributed by atoms with van der Waals surface area (Å²) < 4.78 is 5.57. The summed E-state index contributed by atoms with van der Waals surface area (Å²) in [7, 11) is 0. The molecule has 1 aromatic carbocycles. The minimum atomic E-state index is 0.188. The number of fused-ring (bicyclic) bond motifs is 1. The van der Waals surface area contributed by atoms with Crippen molar-refractivity contribution >= 4 is 5.71 Å². The Balaban J connectivity index is 1.48. The highest BCUT2D eigenvalue weighted by Crippen LogP contribution is 2.32. The highest BCUT2D eigenvalue weighted by Gasteiger charge is 2.38. The Morgan fingerprint density at radius 2 is 2.10 bits per heavy atom. The van der Waals surface area contributed by atoms with Gasteiger partial charge in [-0.25, -0.2) is 0 Å². The van der Waals surface area contributed by atoms with Crippen molar-refractivity contribution in [2.75, 3.05) is 13.1 Å². The van der Waals surface area contributed by atoms with Crippen LogP contribution in [0.2, 0.25) is 0 Å². The summed E-state index contributed by atoms with van der Waals surface area (Å²) in [6.07, 6.45) is 2.78. The molecule has 3 heterocycles. The summed E-state index contributed by atoms with van der Waals surface area (Å²) in [6, 6.07) is 14.8. The van der Waals surface area contributed by atoms with E-state index in [0.29, 0.717) is 5.92 Å². The molecule has 108 valence electrons. The van der Waals surface area contributed by atoms with Gasteiger partial charge in [-0.1, -0.05) is 30.3 Å². The lowest BCUT2D eigenvalue weighted by atomic mass is 9.89. The summed E-state index contributed by atoms with van der Waals surface area (Å²) in [6.45, 7) is 3.12. The van der Waals surface area contributed by atoms with Gasteiger partial charge in [-0.05, 0) is 17.7 Å². The molecule has 2 unspecified atom stereocenters. The van der Waals surface area contributed by atoms with Crippen LogP contribution < -0.4 is 5.43 Å². The Morgan fingerprint density at radius 3 is 2.90 bits per heavy atom. The number of nitrogens with one attached hydrogen (secondary N) is 1. The van der Waals surface area contributed by atoms with Gasteiger partial charge in [-0.15, -0.1) is 0 Å². The second-order valence-corrected chi connectivity index (χ2v) is 5.80. The summed E-state index contributed by atoms with van der Waals surface area (Å²) in [5.41, 5.74) is 5.92. The number of benzene rings is 1. The summed E-state index contributed by atoms with van der Waals surface area (Å²) in [5, 5.41) is 4.52. The minimum Gasteiger partial charge on any atom is -0.467 e. The van der Waals surface area contributed by atoms with Gasteiger partial charge in [-0.2, -0.15) is 5.10 Å². The van der Waals surface area contributed by atoms with Crippen molar-refractivity contribution in [3.05, 3.63) is 60.1 Å². The number of hydrogen-bond acceptors (Lipinski definition) is 4. The fourth-order valence-corrected chi connectivity index (χ4v) is 3.33. The number of piperidine rings is 1. The van der Waals surface area contributed by atoms with Gasteiger partial charge in [0.15, 0.2) is 0 Å². The van der Waals surface area contributed by atoms with Gasteiger partial charge in [0.05, 0.1) is 6.26 Å². The van der Waals surface area contributed by atoms with Crippen LogP contribution in [0.4, 0.5) is 0 Å². The molecule has 4 nitrogen and oxygen atoms in total. The van der Waals surface area contributed by atoms with Crippen LogP contribution in [0, 0.1) is 5.92 Å². The molecule has 2 aromatic rings. The number of nitrogens with zero attached hydrogens (tertiary/aromatic N) is 2. The molecule has 2 atom stereocenters. The van der Waals surface area contributed by atoms with E-state index in [1.807, 2.05) is 12.1 Å². The van der Waals surface area contributed by atoms with Crippen molar-refractivity contribution in [3.63, 3.8) is 0 Å². The van der Waals surface area contributed by atoms with Crippen molar-refractivity contribution in [2.45, 2.75) is 19.0 Å². The summed E-state index contributed by atoms with van der Waals surface area (Å²) in [5.74, 6) is 1.41. The predicted molar refractivity (Wildman–Crippen MR) is 81.8 cm³/mol. The molecule has 0 aliphatic carbocycles. The molecule has 0 bridgehead atoms. The maximum absolute atomic E-state index is 5.57. The van der Waals surface area contributed by atoms with Crippen LogP contribution in [0.25, 0.3) is 0 Å². The Kier molecular flexibility index (Phi) is 3.24. The van der Waals surface area contributed by atoms with Crippen LogP contribution >= 0.6 is 0 Å². The molecule has 1 fully saturated rings. The average molecular weight is 281 g/mol. The first-order chi connectivity index (χ1) is 10.4. The van der Waals surface area contributed by atoms with E-state index in [4.69, 9.17) is 4.42 Å². The van der Waals surface area contributed by atoms with Gasteiger partial charge in [0, 0.05) is 37.7 Å². The van der Waals surface area contributed by atoms with Crippen molar-refractivity contribution in [1.29, 1.82) is 0 Å². The average Bonchev–Trinajstić information content (AvgIpc) is 3.16. The van der Waals surface area contributed by atoms with Crippen LogP contribution in [0.3, 0.4) is 0 Å². The molecule has 0 spiro atoms. The molecule has 1 saturated heterocycles. The largest absolute Gasteiger partial charge is 0.467 e. The number of furan rings is 1. The van der Waals surface area contributed by atoms with E-state index in [1.165, 1.54) is 11.3 Å². The van der Waals surface area contributed by atoms with E-state index in [9.17, 15) is 0 Å². The molecule has 0 saturated carbocycles. The number of hydrogen-bond donors (Lipinski definition) is 1. The van der Waals surface area contributed by atoms with E-state index in [0.717, 1.165) is 31.8 Å². The lowest BCUT2D eigenvalue weighted by molar-refractivity contribution is 0.213. The molecule has 4 heteroatoms. The lowest BCUT2D eigenvalue weighted by Gasteiger charge is -2.33. The van der Waals surface area contributed by atoms with Crippen LogP contribution in [-0.4, -0.2) is 23.7 Å². The van der Waals surface area contributed by atoms with Crippen LogP contribution in [-0.2, 0) is 6.54 Å². The SMILES string of the molecule is c1ccc(CN2CCC3=NNC(c4ccco4)C3C2)cc1. The van der Waals surface area contributed by atoms with Crippen molar-refractivity contribution < 1.29 is 4.42 Å². The number of likely N-dealkylation sites (tertiary alicyclic amines) is 1. The first-order valence-electron chi connectivity index (χ1n) is 7.52. The van der Waals surface area contributed by atoms with E-state index in [-0.39, 0.29) is 6.04 Å². The monoisotopic (exact) mass is 281 g/mol. The van der Waals surface area contributed by atoms with Crippen molar-refractivity contribution in [2.24, 2.45) is 11.0 Å². The molecule has 1 N–H and O–H groups in total. The fourth-order valence-electron chi connectivity index (χ4n) is 3.33. The molecule has 4 rings (SSSR count). The Hall–Kier alpha value is -2.07. The highest BCUT2D eigenvalue weighted by atomic mass is 16.3. The quantitative estimate of drug-likeness (QED) is 0.940. The maximum atomic E-state index is 5.57. The maximum Gasteiger partial charge on any atom is 0.128 e. The predicted octanol–water partition coefficient (Wildman–Crippen LogP) is 2.80. The first kappa shape index (κ1) is 12.7. The Labute approximate surface area is 124 Å². The molecule has 21 heavy (non-hydrogen) atoms. The van der Waals surface area contributed by atoms with Gasteiger partial charge in [-0.3, -0.25) is 10.3 Å². The standard InChI is InChI=1S/C17H19N3O/c1-2-5-13(6-3-1)11-20-9-8-15-14(12-20)17(19-18-15)16-7-4-10-21-16/h1-7,10,14,17,19H,8-9,11-12H2. The zero-order valence-corrected chi connectivity index (χ0v) is 11.9. The van der Waals surface area contributed by atoms with E-state index >= 15 is 0 Å². The number of hydrazone groups is 1. The fraction of sp³-hybridized carbons (Fsp3) is 0.353. The van der Waals surface area contributed by atoms with Gasteiger partial charge in [0.1, 0.15) is 11.8 Å². The van der Waals surface area contributed by atoms with Crippen molar-refractivity contribution in [3.8, 4) is 0 Å². The van der Waals surface area contributed by atoms with E-state index in [2.05, 4.69) is 45.8 Å². The lowest BCUT2D eigenvalue weighted by Crippen LogP contribution is -2.41. The summed E-state index contributed by atoms with van der Waals surface area (Å²) in [4.78, 5) is 2.52. The third-order valence-corrected chi connectivity index (χ3v) is 4.42. The summed E-state index contributed by atoms with van der Waals surface area (Å²) >= 11 is 0. The van der Waals surface area contributed by atoms with Crippen LogP contribution in [0.15, 0.2) is 58.2 Å². The van der Waals surface area contributed by atoms with E-state index < -0.39 is 0 Å². The molecular weight excluding hydrogens is 262 g/mol. The van der Waals surface area contributed by atoms with E-state index in [1.54, 1.807) is 6.26 Å². The molecule has 0 amide bonds. The number of rotatable bonds is 3. The topological polar surface area (TPSA) is 40.8 Å². The van der Waals surface area contributed by atoms with Crippen molar-refractivity contribution in [1.82, 2.24) is 10.3 Å².